The summed E-state index contributed by atoms with van der Waals surface area (Å²) in [6, 6.07) is 6.10. The molecule has 24 heavy (non-hydrogen) atoms. The highest BCUT2D eigenvalue weighted by molar-refractivity contribution is 5.81. The predicted octanol–water partition coefficient (Wildman–Crippen LogP) is 4.16. The first-order chi connectivity index (χ1) is 11.4. The molecule has 0 unspecified atom stereocenters. The van der Waals surface area contributed by atoms with Gasteiger partial charge in [-0.15, -0.1) is 0 Å². The molecule has 4 aliphatic rings. The summed E-state index contributed by atoms with van der Waals surface area (Å²) in [6.45, 7) is 5.97. The van der Waals surface area contributed by atoms with Crippen LogP contribution in [0.25, 0.3) is 0 Å². The smallest absolute Gasteiger partial charge is 0.261 e. The first kappa shape index (κ1) is 16.0. The number of ether oxygens (including phenoxy) is 1. The molecule has 3 nitrogen and oxygen atoms in total. The van der Waals surface area contributed by atoms with Crippen molar-refractivity contribution in [1.82, 2.24) is 5.32 Å². The van der Waals surface area contributed by atoms with Gasteiger partial charge in [0.05, 0.1) is 0 Å². The first-order valence-corrected chi connectivity index (χ1v) is 9.48. The zero-order valence-corrected chi connectivity index (χ0v) is 15.1. The Morgan fingerprint density at radius 1 is 1.12 bits per heavy atom. The van der Waals surface area contributed by atoms with Gasteiger partial charge in [-0.3, -0.25) is 4.79 Å². The van der Waals surface area contributed by atoms with E-state index >= 15 is 0 Å². The van der Waals surface area contributed by atoms with Crippen LogP contribution in [-0.2, 0) is 4.79 Å². The molecular weight excluding hydrogens is 298 g/mol. The van der Waals surface area contributed by atoms with Crippen LogP contribution in [0, 0.1) is 31.6 Å². The predicted molar refractivity (Wildman–Crippen MR) is 95.1 cm³/mol. The van der Waals surface area contributed by atoms with Gasteiger partial charge in [-0.1, -0.05) is 17.7 Å². The van der Waals surface area contributed by atoms with Gasteiger partial charge in [-0.2, -0.15) is 0 Å². The lowest BCUT2D eigenvalue weighted by atomic mass is 9.53. The van der Waals surface area contributed by atoms with E-state index in [1.165, 1.54) is 44.1 Å². The number of hydrogen-bond acceptors (Lipinski definition) is 2. The summed E-state index contributed by atoms with van der Waals surface area (Å²) in [5.41, 5.74) is 2.36. The monoisotopic (exact) mass is 327 g/mol. The summed E-state index contributed by atoms with van der Waals surface area (Å²) in [5.74, 6) is 3.39. The van der Waals surface area contributed by atoms with Crippen LogP contribution < -0.4 is 10.1 Å². The largest absolute Gasteiger partial charge is 0.481 e. The topological polar surface area (TPSA) is 38.3 Å². The van der Waals surface area contributed by atoms with Crippen LogP contribution in [0.15, 0.2) is 18.2 Å². The van der Waals surface area contributed by atoms with Crippen LogP contribution in [0.1, 0.15) is 56.6 Å². The molecule has 4 fully saturated rings. The molecule has 0 aromatic heterocycles. The zero-order valence-electron chi connectivity index (χ0n) is 15.1. The average Bonchev–Trinajstić information content (AvgIpc) is 2.48. The minimum atomic E-state index is -0.445. The van der Waals surface area contributed by atoms with Gasteiger partial charge in [-0.05, 0) is 88.7 Å². The summed E-state index contributed by atoms with van der Waals surface area (Å²) in [7, 11) is 0. The lowest BCUT2D eigenvalue weighted by Crippen LogP contribution is -2.61. The summed E-state index contributed by atoms with van der Waals surface area (Å²) < 4.78 is 5.96. The van der Waals surface area contributed by atoms with Crippen molar-refractivity contribution in [2.24, 2.45) is 17.8 Å². The molecule has 1 N–H and O–H groups in total. The van der Waals surface area contributed by atoms with Gasteiger partial charge in [0.2, 0.25) is 0 Å². The summed E-state index contributed by atoms with van der Waals surface area (Å²) in [6.07, 6.45) is 7.28. The highest BCUT2D eigenvalue weighted by Crippen LogP contribution is 2.55. The van der Waals surface area contributed by atoms with E-state index in [1.54, 1.807) is 0 Å². The Labute approximate surface area is 145 Å². The first-order valence-electron chi connectivity index (χ1n) is 9.48. The van der Waals surface area contributed by atoms with E-state index in [0.29, 0.717) is 0 Å². The van der Waals surface area contributed by atoms with Gasteiger partial charge in [0, 0.05) is 5.54 Å². The van der Waals surface area contributed by atoms with Crippen molar-refractivity contribution in [2.75, 3.05) is 0 Å². The summed E-state index contributed by atoms with van der Waals surface area (Å²) in [4.78, 5) is 12.8. The Bertz CT molecular complexity index is 616. The van der Waals surface area contributed by atoms with E-state index in [2.05, 4.69) is 18.3 Å². The maximum Gasteiger partial charge on any atom is 0.261 e. The third-order valence-corrected chi connectivity index (χ3v) is 6.43. The van der Waals surface area contributed by atoms with Crippen molar-refractivity contribution in [1.29, 1.82) is 0 Å². The normalized spacial score (nSPS) is 34.9. The van der Waals surface area contributed by atoms with Crippen molar-refractivity contribution in [2.45, 2.75) is 70.9 Å². The third-order valence-electron chi connectivity index (χ3n) is 6.43. The summed E-state index contributed by atoms with van der Waals surface area (Å²) >= 11 is 0. The molecule has 1 aromatic carbocycles. The van der Waals surface area contributed by atoms with Crippen LogP contribution in [0.2, 0.25) is 0 Å². The molecule has 4 saturated carbocycles. The van der Waals surface area contributed by atoms with Gasteiger partial charge in [0.25, 0.3) is 5.91 Å². The molecule has 0 saturated heterocycles. The van der Waals surface area contributed by atoms with E-state index < -0.39 is 6.10 Å². The van der Waals surface area contributed by atoms with Gasteiger partial charge in [-0.25, -0.2) is 0 Å². The maximum absolute atomic E-state index is 12.8. The Morgan fingerprint density at radius 2 is 1.71 bits per heavy atom. The van der Waals surface area contributed by atoms with E-state index in [-0.39, 0.29) is 11.4 Å². The fourth-order valence-corrected chi connectivity index (χ4v) is 5.80. The number of amides is 1. The number of hydrogen-bond donors (Lipinski definition) is 1. The molecule has 4 aliphatic carbocycles. The number of benzene rings is 1. The Morgan fingerprint density at radius 3 is 2.25 bits per heavy atom. The minimum absolute atomic E-state index is 0.0527. The molecule has 130 valence electrons. The number of nitrogens with one attached hydrogen (secondary N) is 1. The zero-order chi connectivity index (χ0) is 16.9. The molecule has 0 spiro atoms. The lowest BCUT2D eigenvalue weighted by molar-refractivity contribution is -0.133. The SMILES string of the molecule is Cc1ccc(O[C@@H](C)C(=O)NC23CC4CC(CC(C4)C2)C3)c(C)c1. The van der Waals surface area contributed by atoms with E-state index in [0.717, 1.165) is 29.1 Å². The fourth-order valence-electron chi connectivity index (χ4n) is 5.80. The van der Waals surface area contributed by atoms with Gasteiger partial charge in [0.15, 0.2) is 6.10 Å². The van der Waals surface area contributed by atoms with Crippen molar-refractivity contribution in [3.05, 3.63) is 29.3 Å². The van der Waals surface area contributed by atoms with E-state index in [1.807, 2.05) is 26.0 Å². The molecule has 3 heteroatoms. The number of rotatable bonds is 4. The second kappa shape index (κ2) is 5.79. The second-order valence-corrected chi connectivity index (χ2v) is 8.72. The number of carbonyl (C=O) groups excluding carboxylic acids is 1. The molecule has 0 radical (unpaired) electrons. The molecule has 1 amide bonds. The molecular formula is C21H29NO2. The van der Waals surface area contributed by atoms with Crippen LogP contribution in [0.5, 0.6) is 5.75 Å². The van der Waals surface area contributed by atoms with Crippen LogP contribution in [0.4, 0.5) is 0 Å². The second-order valence-electron chi connectivity index (χ2n) is 8.72. The van der Waals surface area contributed by atoms with Gasteiger partial charge < -0.3 is 10.1 Å². The van der Waals surface area contributed by atoms with Crippen LogP contribution in [0.3, 0.4) is 0 Å². The highest BCUT2D eigenvalue weighted by atomic mass is 16.5. The van der Waals surface area contributed by atoms with Crippen LogP contribution in [-0.4, -0.2) is 17.6 Å². The average molecular weight is 327 g/mol. The van der Waals surface area contributed by atoms with Gasteiger partial charge in [0.1, 0.15) is 5.75 Å². The minimum Gasteiger partial charge on any atom is -0.481 e. The maximum atomic E-state index is 12.8. The van der Waals surface area contributed by atoms with Crippen molar-refractivity contribution < 1.29 is 9.53 Å². The standard InChI is InChI=1S/C21H29NO2/c1-13-4-5-19(14(2)6-13)24-15(3)20(23)22-21-10-16-7-17(11-21)9-18(8-16)12-21/h4-6,15-18H,7-12H2,1-3H3,(H,22,23)/t15-,16?,17?,18?,21?/m0/s1. The fraction of sp³-hybridized carbons (Fsp3) is 0.667. The molecule has 5 rings (SSSR count). The molecule has 4 bridgehead atoms. The van der Waals surface area contributed by atoms with Crippen LogP contribution >= 0.6 is 0 Å². The van der Waals surface area contributed by atoms with Crippen molar-refractivity contribution in [3.8, 4) is 5.75 Å². The van der Waals surface area contributed by atoms with Gasteiger partial charge >= 0.3 is 0 Å². The molecule has 0 heterocycles. The molecule has 1 atom stereocenters. The third kappa shape index (κ3) is 2.94. The lowest BCUT2D eigenvalue weighted by Gasteiger charge is -2.57. The summed E-state index contributed by atoms with van der Waals surface area (Å²) in [5, 5.41) is 3.41. The molecule has 1 aromatic rings. The quantitative estimate of drug-likeness (QED) is 0.902. The molecule has 0 aliphatic heterocycles. The highest BCUT2D eigenvalue weighted by Gasteiger charge is 2.51. The Hall–Kier alpha value is -1.51. The van der Waals surface area contributed by atoms with Crippen molar-refractivity contribution >= 4 is 5.91 Å². The Balaban J connectivity index is 1.42. The van der Waals surface area contributed by atoms with E-state index in [9.17, 15) is 4.79 Å². The van der Waals surface area contributed by atoms with Crippen molar-refractivity contribution in [3.63, 3.8) is 0 Å². The number of aryl methyl sites for hydroxylation is 2. The van der Waals surface area contributed by atoms with E-state index in [4.69, 9.17) is 4.74 Å². The Kier molecular flexibility index (Phi) is 3.85. The number of carbonyl (C=O) groups is 1.